The molecule has 2 fully saturated rings. The van der Waals surface area contributed by atoms with Crippen molar-refractivity contribution in [2.24, 2.45) is 17.8 Å². The molecule has 0 bridgehead atoms. The van der Waals surface area contributed by atoms with Gasteiger partial charge in [0.1, 0.15) is 5.54 Å². The van der Waals surface area contributed by atoms with Crippen LogP contribution in [0.5, 0.6) is 0 Å². The highest BCUT2D eigenvalue weighted by Crippen LogP contribution is 2.38. The van der Waals surface area contributed by atoms with Crippen molar-refractivity contribution in [3.8, 4) is 6.07 Å². The van der Waals surface area contributed by atoms with Crippen LogP contribution < -0.4 is 5.32 Å². The van der Waals surface area contributed by atoms with Gasteiger partial charge in [-0.05, 0) is 69.5 Å². The smallest absolute Gasteiger partial charge is 0.109 e. The van der Waals surface area contributed by atoms with Crippen LogP contribution in [0.4, 0.5) is 0 Å². The average molecular weight is 291 g/mol. The van der Waals surface area contributed by atoms with E-state index in [-0.39, 0.29) is 5.54 Å². The quantitative estimate of drug-likeness (QED) is 0.781. The van der Waals surface area contributed by atoms with Crippen molar-refractivity contribution in [3.63, 3.8) is 0 Å². The summed E-state index contributed by atoms with van der Waals surface area (Å²) in [6, 6.07) is 2.64. The van der Waals surface area contributed by atoms with Gasteiger partial charge in [0.2, 0.25) is 0 Å². The first-order valence-corrected chi connectivity index (χ1v) is 9.00. The normalized spacial score (nSPS) is 33.7. The maximum atomic E-state index is 9.69. The second-order valence-corrected chi connectivity index (χ2v) is 7.48. The Bertz CT molecular complexity index is 360. The lowest BCUT2D eigenvalue weighted by Crippen LogP contribution is -2.48. The second-order valence-electron chi connectivity index (χ2n) is 7.48. The maximum Gasteiger partial charge on any atom is 0.109 e. The number of nitriles is 1. The molecule has 1 aliphatic carbocycles. The Morgan fingerprint density at radius 3 is 2.81 bits per heavy atom. The molecule has 3 nitrogen and oxygen atoms in total. The van der Waals surface area contributed by atoms with Gasteiger partial charge >= 0.3 is 0 Å². The van der Waals surface area contributed by atoms with Gasteiger partial charge in [0.15, 0.2) is 0 Å². The molecular weight excluding hydrogens is 258 g/mol. The average Bonchev–Trinajstić information content (AvgIpc) is 3.10. The van der Waals surface area contributed by atoms with E-state index in [4.69, 9.17) is 0 Å². The van der Waals surface area contributed by atoms with Crippen LogP contribution in [0, 0.1) is 29.1 Å². The van der Waals surface area contributed by atoms with Crippen LogP contribution in [-0.2, 0) is 0 Å². The van der Waals surface area contributed by atoms with E-state index in [1.807, 2.05) is 0 Å². The Labute approximate surface area is 131 Å². The third kappa shape index (κ3) is 3.99. The van der Waals surface area contributed by atoms with Crippen LogP contribution in [0.1, 0.15) is 59.3 Å². The van der Waals surface area contributed by atoms with E-state index in [2.05, 4.69) is 37.1 Å². The lowest BCUT2D eigenvalue weighted by Gasteiger charge is -2.31. The Balaban J connectivity index is 1.83. The monoisotopic (exact) mass is 291 g/mol. The number of likely N-dealkylation sites (tertiary alicyclic amines) is 1. The fraction of sp³-hybridized carbons (Fsp3) is 0.944. The fourth-order valence-electron chi connectivity index (χ4n) is 4.18. The van der Waals surface area contributed by atoms with Crippen LogP contribution in [0.2, 0.25) is 0 Å². The van der Waals surface area contributed by atoms with E-state index in [0.29, 0.717) is 5.92 Å². The van der Waals surface area contributed by atoms with Crippen molar-refractivity contribution in [2.75, 3.05) is 26.2 Å². The van der Waals surface area contributed by atoms with E-state index in [0.717, 1.165) is 31.2 Å². The molecule has 3 atom stereocenters. The van der Waals surface area contributed by atoms with Crippen molar-refractivity contribution < 1.29 is 0 Å². The third-order valence-corrected chi connectivity index (χ3v) is 5.76. The minimum Gasteiger partial charge on any atom is -0.303 e. The SMILES string of the molecule is CCCNC1(C#N)CCCC1CCN1CCC(C(C)C)C1. The molecule has 1 N–H and O–H groups in total. The van der Waals surface area contributed by atoms with Gasteiger partial charge in [-0.2, -0.15) is 5.26 Å². The number of nitrogens with one attached hydrogen (secondary N) is 1. The Morgan fingerprint density at radius 1 is 1.38 bits per heavy atom. The number of hydrogen-bond acceptors (Lipinski definition) is 3. The van der Waals surface area contributed by atoms with Gasteiger partial charge < -0.3 is 4.90 Å². The maximum absolute atomic E-state index is 9.69. The molecule has 0 amide bonds. The molecule has 3 heteroatoms. The number of nitrogens with zero attached hydrogens (tertiary/aromatic N) is 2. The van der Waals surface area contributed by atoms with Crippen LogP contribution >= 0.6 is 0 Å². The summed E-state index contributed by atoms with van der Waals surface area (Å²) >= 11 is 0. The van der Waals surface area contributed by atoms with E-state index in [1.165, 1.54) is 45.3 Å². The largest absolute Gasteiger partial charge is 0.303 e. The van der Waals surface area contributed by atoms with E-state index in [9.17, 15) is 5.26 Å². The minimum absolute atomic E-state index is 0.229. The fourth-order valence-corrected chi connectivity index (χ4v) is 4.18. The predicted molar refractivity (Wildman–Crippen MR) is 88.0 cm³/mol. The van der Waals surface area contributed by atoms with Crippen LogP contribution in [-0.4, -0.2) is 36.6 Å². The van der Waals surface area contributed by atoms with Crippen molar-refractivity contribution in [1.82, 2.24) is 10.2 Å². The van der Waals surface area contributed by atoms with Gasteiger partial charge in [0.05, 0.1) is 6.07 Å². The summed E-state index contributed by atoms with van der Waals surface area (Å²) in [5, 5.41) is 13.3. The van der Waals surface area contributed by atoms with Gasteiger partial charge in [-0.15, -0.1) is 0 Å². The van der Waals surface area contributed by atoms with Crippen LogP contribution in [0.15, 0.2) is 0 Å². The molecule has 21 heavy (non-hydrogen) atoms. The van der Waals surface area contributed by atoms with Gasteiger partial charge in [-0.25, -0.2) is 0 Å². The van der Waals surface area contributed by atoms with Gasteiger partial charge in [0.25, 0.3) is 0 Å². The van der Waals surface area contributed by atoms with E-state index in [1.54, 1.807) is 0 Å². The summed E-state index contributed by atoms with van der Waals surface area (Å²) in [7, 11) is 0. The van der Waals surface area contributed by atoms with E-state index >= 15 is 0 Å². The molecule has 0 aromatic heterocycles. The van der Waals surface area contributed by atoms with Crippen molar-refractivity contribution in [2.45, 2.75) is 64.8 Å². The molecule has 0 aromatic rings. The van der Waals surface area contributed by atoms with Crippen LogP contribution in [0.3, 0.4) is 0 Å². The standard InChI is InChI=1S/C18H33N3/c1-4-10-20-18(14-19)9-5-6-17(18)8-12-21-11-7-16(13-21)15(2)3/h15-17,20H,4-13H2,1-3H3. The number of rotatable bonds is 7. The molecule has 1 saturated heterocycles. The highest BCUT2D eigenvalue weighted by atomic mass is 15.1. The number of hydrogen-bond donors (Lipinski definition) is 1. The van der Waals surface area contributed by atoms with Gasteiger partial charge in [-0.1, -0.05) is 27.2 Å². The zero-order valence-corrected chi connectivity index (χ0v) is 14.2. The first-order chi connectivity index (χ1) is 10.1. The molecule has 0 spiro atoms. The van der Waals surface area contributed by atoms with Crippen molar-refractivity contribution >= 4 is 0 Å². The molecule has 2 rings (SSSR count). The molecule has 3 unspecified atom stereocenters. The molecule has 120 valence electrons. The predicted octanol–water partition coefficient (Wildman–Crippen LogP) is 3.42. The summed E-state index contributed by atoms with van der Waals surface area (Å²) in [6.07, 6.45) is 7.14. The van der Waals surface area contributed by atoms with E-state index < -0.39 is 0 Å². The zero-order chi connectivity index (χ0) is 15.3. The molecular formula is C18H33N3. The summed E-state index contributed by atoms with van der Waals surface area (Å²) in [5.41, 5.74) is -0.229. The molecule has 2 aliphatic rings. The van der Waals surface area contributed by atoms with Crippen molar-refractivity contribution in [3.05, 3.63) is 0 Å². The van der Waals surface area contributed by atoms with Crippen molar-refractivity contribution in [1.29, 1.82) is 5.26 Å². The Kier molecular flexibility index (Phi) is 6.08. The molecule has 0 radical (unpaired) electrons. The lowest BCUT2D eigenvalue weighted by atomic mass is 9.85. The summed E-state index contributed by atoms with van der Waals surface area (Å²) in [6.45, 7) is 11.6. The third-order valence-electron chi connectivity index (χ3n) is 5.76. The first kappa shape index (κ1) is 16.8. The van der Waals surface area contributed by atoms with Gasteiger partial charge in [-0.3, -0.25) is 5.32 Å². The molecule has 1 heterocycles. The summed E-state index contributed by atoms with van der Waals surface area (Å²) in [5.74, 6) is 2.24. The van der Waals surface area contributed by atoms with Gasteiger partial charge in [0, 0.05) is 6.54 Å². The highest BCUT2D eigenvalue weighted by Gasteiger charge is 2.42. The lowest BCUT2D eigenvalue weighted by molar-refractivity contribution is 0.240. The van der Waals surface area contributed by atoms with Crippen LogP contribution in [0.25, 0.3) is 0 Å². The Morgan fingerprint density at radius 2 is 2.19 bits per heavy atom. The summed E-state index contributed by atoms with van der Waals surface area (Å²) < 4.78 is 0. The second kappa shape index (κ2) is 7.61. The molecule has 1 saturated carbocycles. The molecule has 0 aromatic carbocycles. The Hall–Kier alpha value is -0.590. The highest BCUT2D eigenvalue weighted by molar-refractivity contribution is 5.14. The topological polar surface area (TPSA) is 39.1 Å². The minimum atomic E-state index is -0.229. The zero-order valence-electron chi connectivity index (χ0n) is 14.2. The summed E-state index contributed by atoms with van der Waals surface area (Å²) in [4.78, 5) is 2.63. The first-order valence-electron chi connectivity index (χ1n) is 9.00. The molecule has 1 aliphatic heterocycles.